The summed E-state index contributed by atoms with van der Waals surface area (Å²) in [5.41, 5.74) is -1.52. The molecule has 0 amide bonds. The van der Waals surface area contributed by atoms with Gasteiger partial charge in [-0.15, -0.1) is 0 Å². The molecule has 0 aliphatic carbocycles. The van der Waals surface area contributed by atoms with Crippen LogP contribution < -0.4 is 27.8 Å². The normalized spacial score (nSPS) is 13.4. The van der Waals surface area contributed by atoms with Gasteiger partial charge >= 0.3 is 27.1 Å². The Morgan fingerprint density at radius 2 is 0.457 bits per heavy atom. The Morgan fingerprint density at radius 1 is 0.300 bits per heavy atom. The smallest absolute Gasteiger partial charge is 0.428 e. The van der Waals surface area contributed by atoms with E-state index in [-0.39, 0.29) is 0 Å². The predicted octanol–water partition coefficient (Wildman–Crippen LogP) is 17.2. The first kappa shape index (κ1) is 59.6. The van der Waals surface area contributed by atoms with E-state index in [4.69, 9.17) is 42.0 Å². The summed E-state index contributed by atoms with van der Waals surface area (Å²) in [7, 11) is -2.41. The van der Waals surface area contributed by atoms with Gasteiger partial charge in [0.05, 0.1) is 0 Å². The van der Waals surface area contributed by atoms with Gasteiger partial charge in [0.1, 0.15) is 51.3 Å². The Kier molecular flexibility index (Phi) is 17.4. The SMILES string of the molecule is CC(C)(C)OC(=O)Oc1c(C(C)(C)C)cc(OP(Oc2cc(C(C)(C)C)c(OC(=O)OC(C)(C)C)c(C(C)(C)C)c2)Oc2cc(C(C)(C)C)c(OC(=O)OC(C)(C)C)c(C(C)(C)C)c2)cc1C(C)(C)C. The van der Waals surface area contributed by atoms with E-state index in [0.29, 0.717) is 67.9 Å². The molecule has 0 bridgehead atoms. The van der Waals surface area contributed by atoms with Crippen LogP contribution in [-0.2, 0) is 46.7 Å². The molecule has 3 rings (SSSR count). The summed E-state index contributed by atoms with van der Waals surface area (Å²) >= 11 is 0. The van der Waals surface area contributed by atoms with Gasteiger partial charge in [-0.25, -0.2) is 14.4 Å². The monoisotopic (exact) mass is 995 g/mol. The van der Waals surface area contributed by atoms with Crippen LogP contribution in [0.1, 0.15) is 220 Å². The van der Waals surface area contributed by atoms with E-state index in [9.17, 15) is 14.4 Å². The largest absolute Gasteiger partial charge is 0.530 e. The maximum absolute atomic E-state index is 13.4. The molecular formula is C57H87O12P. The summed E-state index contributed by atoms with van der Waals surface area (Å²) in [5.74, 6) is 2.32. The lowest BCUT2D eigenvalue weighted by Crippen LogP contribution is -2.28. The van der Waals surface area contributed by atoms with Gasteiger partial charge in [0.2, 0.25) is 0 Å². The number of carbonyl (C=O) groups excluding carboxylic acids is 3. The van der Waals surface area contributed by atoms with E-state index in [1.54, 1.807) is 62.3 Å². The van der Waals surface area contributed by atoms with Crippen LogP contribution >= 0.6 is 8.60 Å². The first-order chi connectivity index (χ1) is 31.0. The summed E-state index contributed by atoms with van der Waals surface area (Å²) in [6.07, 6.45) is -2.46. The number of hydrogen-bond donors (Lipinski definition) is 0. The summed E-state index contributed by atoms with van der Waals surface area (Å²) in [6, 6.07) is 11.1. The molecule has 392 valence electrons. The maximum Gasteiger partial charge on any atom is 0.530 e. The minimum atomic E-state index is -2.41. The van der Waals surface area contributed by atoms with E-state index in [1.807, 2.05) is 161 Å². The number of hydrogen-bond acceptors (Lipinski definition) is 12. The summed E-state index contributed by atoms with van der Waals surface area (Å²) in [4.78, 5) is 40.1. The van der Waals surface area contributed by atoms with Gasteiger partial charge in [-0.05, 0) is 131 Å². The summed E-state index contributed by atoms with van der Waals surface area (Å²) < 4.78 is 56.2. The van der Waals surface area contributed by atoms with Gasteiger partial charge < -0.3 is 42.0 Å². The zero-order chi connectivity index (χ0) is 54.3. The topological polar surface area (TPSA) is 134 Å². The second kappa shape index (κ2) is 20.4. The molecule has 3 aromatic rings. The highest BCUT2D eigenvalue weighted by atomic mass is 31.2. The molecular weight excluding hydrogens is 908 g/mol. The lowest BCUT2D eigenvalue weighted by Gasteiger charge is -2.32. The van der Waals surface area contributed by atoms with Gasteiger partial charge in [0.25, 0.3) is 0 Å². The Bertz CT molecular complexity index is 2000. The van der Waals surface area contributed by atoms with Gasteiger partial charge in [-0.1, -0.05) is 125 Å². The van der Waals surface area contributed by atoms with Crippen molar-refractivity contribution in [3.63, 3.8) is 0 Å². The first-order valence-electron chi connectivity index (χ1n) is 24.2. The average molecular weight is 995 g/mol. The zero-order valence-corrected chi connectivity index (χ0v) is 48.7. The Morgan fingerprint density at radius 3 is 0.586 bits per heavy atom. The van der Waals surface area contributed by atoms with Crippen LogP contribution in [0.15, 0.2) is 36.4 Å². The average Bonchev–Trinajstić information content (AvgIpc) is 3.07. The minimum Gasteiger partial charge on any atom is -0.428 e. The van der Waals surface area contributed by atoms with Crippen molar-refractivity contribution in [2.45, 2.75) is 236 Å². The Hall–Kier alpha value is -4.70. The van der Waals surface area contributed by atoms with Crippen LogP contribution in [0, 0.1) is 0 Å². The summed E-state index contributed by atoms with van der Waals surface area (Å²) in [6.45, 7) is 52.6. The van der Waals surface area contributed by atoms with Crippen molar-refractivity contribution in [1.29, 1.82) is 0 Å². The molecule has 13 heteroatoms. The molecule has 0 aromatic heterocycles. The van der Waals surface area contributed by atoms with Crippen molar-refractivity contribution in [1.82, 2.24) is 0 Å². The van der Waals surface area contributed by atoms with Crippen LogP contribution in [0.4, 0.5) is 14.4 Å². The molecule has 0 radical (unpaired) electrons. The second-order valence-corrected chi connectivity index (χ2v) is 28.2. The highest BCUT2D eigenvalue weighted by Gasteiger charge is 2.37. The van der Waals surface area contributed by atoms with Crippen molar-refractivity contribution in [3.8, 4) is 34.5 Å². The van der Waals surface area contributed by atoms with E-state index in [2.05, 4.69) is 0 Å². The molecule has 70 heavy (non-hydrogen) atoms. The number of carbonyl (C=O) groups is 3. The first-order valence-corrected chi connectivity index (χ1v) is 25.3. The summed E-state index contributed by atoms with van der Waals surface area (Å²) in [5, 5.41) is 0. The van der Waals surface area contributed by atoms with Crippen LogP contribution in [0.25, 0.3) is 0 Å². The number of benzene rings is 3. The van der Waals surface area contributed by atoms with Crippen molar-refractivity contribution in [2.24, 2.45) is 0 Å². The van der Waals surface area contributed by atoms with Gasteiger partial charge in [0, 0.05) is 33.4 Å². The third-order valence-electron chi connectivity index (χ3n) is 10.3. The molecule has 0 saturated heterocycles. The molecule has 3 aromatic carbocycles. The quantitative estimate of drug-likeness (QED) is 0.0874. The van der Waals surface area contributed by atoms with E-state index < -0.39 is 76.4 Å². The molecule has 0 heterocycles. The molecule has 0 N–H and O–H groups in total. The third kappa shape index (κ3) is 17.6. The Balaban J connectivity index is 2.50. The standard InChI is InChI=1S/C57H87O12P/c1-49(2,3)37-28-34(29-38(50(4,5)6)43(37)61-46(58)64-55(19,20)21)67-70(68-35-30-39(51(7,8)9)44(40(31-35)52(10,11)12)62-47(59)65-56(22,23)24)69-36-32-41(53(13,14)15)45(42(33-36)54(16,17)18)63-48(60)66-57(25,26)27/h28-33H,1-27H3. The van der Waals surface area contributed by atoms with Gasteiger partial charge in [-0.2, -0.15) is 0 Å². The highest BCUT2D eigenvalue weighted by Crippen LogP contribution is 2.52. The van der Waals surface area contributed by atoms with Crippen molar-refractivity contribution in [3.05, 3.63) is 69.8 Å². The molecule has 0 aliphatic heterocycles. The fraction of sp³-hybridized carbons (Fsp3) is 0.632. The lowest BCUT2D eigenvalue weighted by atomic mass is 9.79. The van der Waals surface area contributed by atoms with Crippen LogP contribution in [0.3, 0.4) is 0 Å². The predicted molar refractivity (Wildman–Crippen MR) is 281 cm³/mol. The second-order valence-electron chi connectivity index (χ2n) is 27.2. The molecule has 0 spiro atoms. The van der Waals surface area contributed by atoms with Gasteiger partial charge in [-0.3, -0.25) is 0 Å². The molecule has 0 unspecified atom stereocenters. The fourth-order valence-corrected chi connectivity index (χ4v) is 7.96. The van der Waals surface area contributed by atoms with Gasteiger partial charge in [0.15, 0.2) is 0 Å². The third-order valence-corrected chi connectivity index (χ3v) is 11.4. The molecule has 0 aliphatic rings. The van der Waals surface area contributed by atoms with Crippen molar-refractivity contribution >= 4 is 27.1 Å². The van der Waals surface area contributed by atoms with E-state index in [1.165, 1.54) is 0 Å². The van der Waals surface area contributed by atoms with E-state index in [0.717, 1.165) is 0 Å². The molecule has 0 saturated carbocycles. The van der Waals surface area contributed by atoms with Crippen molar-refractivity contribution in [2.75, 3.05) is 0 Å². The van der Waals surface area contributed by atoms with Crippen LogP contribution in [0.2, 0.25) is 0 Å². The van der Waals surface area contributed by atoms with Crippen LogP contribution in [0.5, 0.6) is 34.5 Å². The highest BCUT2D eigenvalue weighted by molar-refractivity contribution is 7.43. The lowest BCUT2D eigenvalue weighted by molar-refractivity contribution is 0.0185. The van der Waals surface area contributed by atoms with Crippen molar-refractivity contribution < 1.29 is 56.4 Å². The maximum atomic E-state index is 13.4. The Labute approximate surface area is 422 Å². The molecule has 0 fully saturated rings. The van der Waals surface area contributed by atoms with Crippen LogP contribution in [-0.4, -0.2) is 35.3 Å². The molecule has 12 nitrogen and oxygen atoms in total. The zero-order valence-electron chi connectivity index (χ0n) is 47.8. The number of ether oxygens (including phenoxy) is 6. The number of rotatable bonds is 9. The van der Waals surface area contributed by atoms with E-state index >= 15 is 0 Å². The fourth-order valence-electron chi connectivity index (χ4n) is 7.01. The minimum absolute atomic E-state index is 0.378. The molecule has 0 atom stereocenters.